The quantitative estimate of drug-likeness (QED) is 0.0152. The number of piperidine rings is 1. The van der Waals surface area contributed by atoms with Crippen LogP contribution in [0.25, 0.3) is 0 Å². The lowest BCUT2D eigenvalue weighted by atomic mass is 9.84. The molecule has 0 aliphatic carbocycles. The SMILES string of the molecule is C#CCCCON(C(=O)[C@@H](NC(=O)[C@H]1CCCCN1C)[C@@H](C)CC)[C@H](C[C@@H](OC(C)=O)c1nc(C(=O)N[C@@H](Cc2ccc(NC(=O)CNC(=O)[C@H](Cc3ccccc3)NC(=O)CNC(=O)CNC(=O)CCOCCOCCOCCOCCNC(=O)OC(C)(C)C)cc2)CC(C)(C)C(=O)O)cs1)C(C)C. The van der Waals surface area contributed by atoms with Gasteiger partial charge < -0.3 is 76.1 Å². The van der Waals surface area contributed by atoms with E-state index in [-0.39, 0.29) is 87.0 Å². The molecule has 1 fully saturated rings. The number of likely N-dealkylation sites (tertiary alicyclic amines) is 1. The molecule has 105 heavy (non-hydrogen) atoms. The number of nitrogens with one attached hydrogen (secondary N) is 8. The van der Waals surface area contributed by atoms with Crippen molar-refractivity contribution in [2.45, 2.75) is 182 Å². The Kier molecular flexibility index (Phi) is 39.8. The lowest BCUT2D eigenvalue weighted by Gasteiger charge is -2.39. The molecule has 0 unspecified atom stereocenters. The number of benzene rings is 2. The van der Waals surface area contributed by atoms with E-state index in [1.165, 1.54) is 31.2 Å². The molecule has 30 nitrogen and oxygen atoms in total. The van der Waals surface area contributed by atoms with Gasteiger partial charge >= 0.3 is 18.0 Å². The second kappa shape index (κ2) is 47.0. The van der Waals surface area contributed by atoms with Gasteiger partial charge in [0.2, 0.25) is 35.4 Å². The van der Waals surface area contributed by atoms with Gasteiger partial charge in [-0.25, -0.2) is 14.8 Å². The molecule has 4 rings (SSSR count). The molecule has 9 N–H and O–H groups in total. The summed E-state index contributed by atoms with van der Waals surface area (Å²) in [5.41, 5.74) is -0.245. The fourth-order valence-corrected chi connectivity index (χ4v) is 11.7. The monoisotopic (exact) mass is 1490 g/mol. The van der Waals surface area contributed by atoms with Crippen molar-refractivity contribution in [3.63, 3.8) is 0 Å². The van der Waals surface area contributed by atoms with Crippen LogP contribution in [0.4, 0.5) is 10.5 Å². The topological polar surface area (TPSA) is 388 Å². The number of unbranched alkanes of at least 4 members (excludes halogenated alkanes) is 1. The number of carboxylic acid groups (broad SMARTS) is 1. The molecule has 582 valence electrons. The van der Waals surface area contributed by atoms with Crippen molar-refractivity contribution in [3.05, 3.63) is 81.8 Å². The molecule has 0 spiro atoms. The van der Waals surface area contributed by atoms with E-state index in [0.717, 1.165) is 30.7 Å². The van der Waals surface area contributed by atoms with Crippen LogP contribution in [-0.4, -0.2) is 220 Å². The van der Waals surface area contributed by atoms with E-state index in [1.54, 1.807) is 75.4 Å². The van der Waals surface area contributed by atoms with Gasteiger partial charge in [0.1, 0.15) is 28.4 Å². The number of carbonyl (C=O) groups excluding carboxylic acids is 10. The lowest BCUT2D eigenvalue weighted by Crippen LogP contribution is -2.58. The van der Waals surface area contributed by atoms with Gasteiger partial charge in [-0.3, -0.25) is 57.7 Å². The number of thiazole rings is 1. The molecular formula is C74H111N11O19S. The molecule has 2 heterocycles. The highest BCUT2D eigenvalue weighted by Gasteiger charge is 2.41. The summed E-state index contributed by atoms with van der Waals surface area (Å²) >= 11 is 1.06. The summed E-state index contributed by atoms with van der Waals surface area (Å²) < 4.78 is 32.8. The Hall–Kier alpha value is -8.64. The summed E-state index contributed by atoms with van der Waals surface area (Å²) in [6.07, 6.45) is 7.96. The molecule has 1 aliphatic rings. The highest BCUT2D eigenvalue weighted by atomic mass is 32.1. The van der Waals surface area contributed by atoms with Crippen molar-refractivity contribution in [1.82, 2.24) is 52.2 Å². The number of rotatable bonds is 48. The summed E-state index contributed by atoms with van der Waals surface area (Å²) in [4.78, 5) is 158. The number of ether oxygens (including phenoxy) is 6. The molecule has 2 aromatic carbocycles. The van der Waals surface area contributed by atoms with Crippen LogP contribution in [-0.2, 0) is 89.3 Å². The summed E-state index contributed by atoms with van der Waals surface area (Å²) in [5, 5.41) is 34.6. The van der Waals surface area contributed by atoms with Crippen LogP contribution in [0, 0.1) is 29.6 Å². The molecule has 9 amide bonds. The maximum absolute atomic E-state index is 14.9. The number of hydrogen-bond acceptors (Lipinski definition) is 21. The highest BCUT2D eigenvalue weighted by molar-refractivity contribution is 7.09. The Balaban J connectivity index is 1.30. The number of amides is 9. The van der Waals surface area contributed by atoms with E-state index in [1.807, 2.05) is 39.6 Å². The fourth-order valence-electron chi connectivity index (χ4n) is 10.9. The molecule has 0 radical (unpaired) electrons. The van der Waals surface area contributed by atoms with E-state index in [9.17, 15) is 57.8 Å². The average Bonchev–Trinajstić information content (AvgIpc) is 1.81. The van der Waals surface area contributed by atoms with Gasteiger partial charge in [0.15, 0.2) is 6.10 Å². The van der Waals surface area contributed by atoms with Crippen LogP contribution in [0.1, 0.15) is 160 Å². The number of terminal acetylenes is 1. The van der Waals surface area contributed by atoms with Crippen LogP contribution >= 0.6 is 11.3 Å². The maximum Gasteiger partial charge on any atom is 0.407 e. The molecule has 1 aliphatic heterocycles. The standard InChI is InChI=1S/C74H111N11O19S/c1-13-15-21-32-102-85(70(94)65(50(5)14-2)83-68(93)58-24-19-20-31-84(58)12)59(49(3)4)43-60(103-51(6)86)69-82-57(48-105-69)67(92)80-55(44-74(10,11)71(95)96)41-53-25-27-54(28-26-53)79-63(89)47-78-66(91)56(42-52-22-17-16-18-23-52)81-64(90)46-77-62(88)45-76-61(87)29-33-98-35-37-100-39-40-101-38-36-99-34-30-75-72(97)104-73(7,8)9/h1,16-18,22-23,25-28,48-50,55-56,58-60,65H,14-15,19-21,24,29-47H2,2-12H3,(H,75,97)(H,76,87)(H,77,88)(H,78,91)(H,79,89)(H,80,92)(H,81,90)(H,83,93)(H,95,96)/t50-,55-,56-,58+,59+,60+,65-/m0/s1. The van der Waals surface area contributed by atoms with Crippen LogP contribution in [0.3, 0.4) is 0 Å². The van der Waals surface area contributed by atoms with Gasteiger partial charge in [-0.1, -0.05) is 83.0 Å². The predicted octanol–water partition coefficient (Wildman–Crippen LogP) is 5.19. The third-order valence-electron chi connectivity index (χ3n) is 16.8. The first-order chi connectivity index (χ1) is 49.9. The number of alkyl carbamates (subject to hydrolysis) is 1. The normalized spacial score (nSPS) is 14.9. The zero-order chi connectivity index (χ0) is 77.5. The first kappa shape index (κ1) is 88.8. The Morgan fingerprint density at radius 2 is 1.35 bits per heavy atom. The van der Waals surface area contributed by atoms with Gasteiger partial charge in [0.25, 0.3) is 11.8 Å². The number of nitrogens with zero attached hydrogens (tertiary/aromatic N) is 3. The van der Waals surface area contributed by atoms with E-state index in [2.05, 4.69) is 53.4 Å². The zero-order valence-electron chi connectivity index (χ0n) is 62.7. The maximum atomic E-state index is 14.9. The van der Waals surface area contributed by atoms with Crippen molar-refractivity contribution >= 4 is 82.3 Å². The minimum atomic E-state index is -1.31. The number of aromatic nitrogens is 1. The fraction of sp³-hybridized carbons (Fsp3) is 0.622. The number of carboxylic acids is 1. The summed E-state index contributed by atoms with van der Waals surface area (Å²) in [6.45, 7) is 19.1. The number of anilines is 1. The first-order valence-corrected chi connectivity index (χ1v) is 36.7. The zero-order valence-corrected chi connectivity index (χ0v) is 63.5. The molecular weight excluding hydrogens is 1380 g/mol. The number of hydrogen-bond donors (Lipinski definition) is 9. The second-order valence-electron chi connectivity index (χ2n) is 27.6. The largest absolute Gasteiger partial charge is 0.481 e. The van der Waals surface area contributed by atoms with Gasteiger partial charge in [-0.05, 0) is 115 Å². The lowest BCUT2D eigenvalue weighted by molar-refractivity contribution is -0.213. The van der Waals surface area contributed by atoms with Gasteiger partial charge in [-0.15, -0.1) is 23.7 Å². The van der Waals surface area contributed by atoms with Crippen LogP contribution in [0.5, 0.6) is 0 Å². The van der Waals surface area contributed by atoms with Crippen molar-refractivity contribution in [2.24, 2.45) is 17.3 Å². The summed E-state index contributed by atoms with van der Waals surface area (Å²) in [7, 11) is 1.89. The molecule has 7 atom stereocenters. The highest BCUT2D eigenvalue weighted by Crippen LogP contribution is 2.33. The van der Waals surface area contributed by atoms with E-state index in [4.69, 9.17) is 39.7 Å². The van der Waals surface area contributed by atoms with Crippen molar-refractivity contribution in [2.75, 3.05) is 105 Å². The number of hydroxylamine groups is 2. The molecule has 31 heteroatoms. The minimum absolute atomic E-state index is 0.00931. The van der Waals surface area contributed by atoms with Crippen molar-refractivity contribution in [3.8, 4) is 12.3 Å². The molecule has 1 saturated heterocycles. The Labute approximate surface area is 620 Å². The Morgan fingerprint density at radius 3 is 1.96 bits per heavy atom. The molecule has 0 saturated carbocycles. The van der Waals surface area contributed by atoms with Gasteiger partial charge in [-0.2, -0.15) is 0 Å². The number of esters is 1. The molecule has 1 aromatic heterocycles. The van der Waals surface area contributed by atoms with E-state index < -0.39 is 126 Å². The van der Waals surface area contributed by atoms with Crippen LogP contribution in [0.15, 0.2) is 60.0 Å². The van der Waals surface area contributed by atoms with Gasteiger partial charge in [0.05, 0.1) is 96.6 Å². The third kappa shape index (κ3) is 34.9. The third-order valence-corrected chi connectivity index (χ3v) is 17.7. The predicted molar refractivity (Wildman–Crippen MR) is 392 cm³/mol. The van der Waals surface area contributed by atoms with Crippen molar-refractivity contribution < 1.29 is 91.1 Å². The van der Waals surface area contributed by atoms with Gasteiger partial charge in [0, 0.05) is 56.3 Å². The van der Waals surface area contributed by atoms with Crippen LogP contribution < -0.4 is 42.5 Å². The average molecular weight is 1490 g/mol. The number of likely N-dealkylation sites (N-methyl/N-ethyl adjacent to an activating group) is 1. The summed E-state index contributed by atoms with van der Waals surface area (Å²) in [6, 6.07) is 11.3. The smallest absolute Gasteiger partial charge is 0.407 e. The van der Waals surface area contributed by atoms with E-state index in [0.29, 0.717) is 82.1 Å². The second-order valence-corrected chi connectivity index (χ2v) is 28.5. The molecule has 3 aromatic rings. The van der Waals surface area contributed by atoms with E-state index >= 15 is 0 Å². The van der Waals surface area contributed by atoms with Crippen molar-refractivity contribution in [1.29, 1.82) is 0 Å². The molecule has 0 bridgehead atoms. The summed E-state index contributed by atoms with van der Waals surface area (Å²) in [5.74, 6) is -4.28. The number of aliphatic carboxylic acids is 1. The Bertz CT molecular complexity index is 3290. The van der Waals surface area contributed by atoms with Crippen LogP contribution in [0.2, 0.25) is 0 Å². The Morgan fingerprint density at radius 1 is 0.733 bits per heavy atom. The first-order valence-electron chi connectivity index (χ1n) is 35.8. The minimum Gasteiger partial charge on any atom is -0.481 e. The number of carbonyl (C=O) groups is 11.